The van der Waals surface area contributed by atoms with Gasteiger partial charge in [-0.25, -0.2) is 0 Å². The minimum atomic E-state index is -0.126. The summed E-state index contributed by atoms with van der Waals surface area (Å²) in [7, 11) is 1.64. The third kappa shape index (κ3) is 3.83. The molecule has 2 fully saturated rings. The molecule has 28 heavy (non-hydrogen) atoms. The van der Waals surface area contributed by atoms with Crippen molar-refractivity contribution in [2.45, 2.75) is 38.5 Å². The fraction of sp³-hybridized carbons (Fsp3) is 0.364. The van der Waals surface area contributed by atoms with Gasteiger partial charge in [0.25, 0.3) is 0 Å². The van der Waals surface area contributed by atoms with Crippen LogP contribution in [-0.2, 0) is 16.1 Å². The maximum absolute atomic E-state index is 12.6. The van der Waals surface area contributed by atoms with Crippen molar-refractivity contribution < 1.29 is 19.0 Å². The van der Waals surface area contributed by atoms with Gasteiger partial charge in [-0.2, -0.15) is 0 Å². The predicted molar refractivity (Wildman–Crippen MR) is 109 cm³/mol. The molecule has 5 nitrogen and oxygen atoms in total. The molecule has 2 bridgehead atoms. The van der Waals surface area contributed by atoms with Crippen molar-refractivity contribution in [3.05, 3.63) is 59.7 Å². The molecule has 0 radical (unpaired) electrons. The number of carbonyl (C=O) groups excluding carboxylic acids is 1. The number of rotatable bonds is 5. The van der Waals surface area contributed by atoms with Crippen LogP contribution in [0.4, 0.5) is 0 Å². The first kappa shape index (κ1) is 18.7. The summed E-state index contributed by atoms with van der Waals surface area (Å²) in [5, 5.41) is 0.109. The summed E-state index contributed by atoms with van der Waals surface area (Å²) in [5.74, 6) is 1.67. The van der Waals surface area contributed by atoms with Gasteiger partial charge < -0.3 is 19.1 Å². The standard InChI is InChI=1S/C22H23NO4S/c1-14-3-7-18(8-4-14)26-22(28)27-20-12-16-11-19(20)23(21(16)24)13-15-5-9-17(25-2)10-6-15/h3-10,16,19-20H,11-13H2,1-2H3/t16-,19+,20-/m0/s1. The molecule has 3 atom stereocenters. The number of nitrogens with zero attached hydrogens (tertiary/aromatic N) is 1. The Bertz CT molecular complexity index is 865. The van der Waals surface area contributed by atoms with E-state index in [2.05, 4.69) is 0 Å². The quantitative estimate of drug-likeness (QED) is 0.717. The summed E-state index contributed by atoms with van der Waals surface area (Å²) in [4.78, 5) is 14.5. The van der Waals surface area contributed by atoms with Gasteiger partial charge in [-0.05, 0) is 49.6 Å². The van der Waals surface area contributed by atoms with Crippen LogP contribution in [-0.4, -0.2) is 35.3 Å². The van der Waals surface area contributed by atoms with E-state index in [4.69, 9.17) is 26.4 Å². The molecule has 1 saturated heterocycles. The lowest BCUT2D eigenvalue weighted by molar-refractivity contribution is -0.138. The van der Waals surface area contributed by atoms with Gasteiger partial charge in [-0.1, -0.05) is 29.8 Å². The van der Waals surface area contributed by atoms with E-state index < -0.39 is 0 Å². The van der Waals surface area contributed by atoms with E-state index >= 15 is 0 Å². The molecule has 1 aliphatic carbocycles. The molecule has 1 amide bonds. The van der Waals surface area contributed by atoms with Crippen molar-refractivity contribution in [3.8, 4) is 11.5 Å². The van der Waals surface area contributed by atoms with E-state index in [1.165, 1.54) is 0 Å². The lowest BCUT2D eigenvalue weighted by Gasteiger charge is -2.33. The summed E-state index contributed by atoms with van der Waals surface area (Å²) < 4.78 is 16.8. The monoisotopic (exact) mass is 397 g/mol. The summed E-state index contributed by atoms with van der Waals surface area (Å²) in [5.41, 5.74) is 2.22. The van der Waals surface area contributed by atoms with Crippen LogP contribution >= 0.6 is 12.2 Å². The number of carbonyl (C=O) groups is 1. The zero-order valence-electron chi connectivity index (χ0n) is 16.0. The third-order valence-corrected chi connectivity index (χ3v) is 5.67. The molecular weight excluding hydrogens is 374 g/mol. The van der Waals surface area contributed by atoms with E-state index in [1.54, 1.807) is 7.11 Å². The fourth-order valence-electron chi connectivity index (χ4n) is 4.00. The average Bonchev–Trinajstić information content (AvgIpc) is 3.23. The van der Waals surface area contributed by atoms with Crippen molar-refractivity contribution in [3.63, 3.8) is 0 Å². The number of hydrogen-bond donors (Lipinski definition) is 0. The Labute approximate surface area is 170 Å². The Morgan fingerprint density at radius 2 is 1.75 bits per heavy atom. The van der Waals surface area contributed by atoms with Gasteiger partial charge in [0, 0.05) is 24.7 Å². The lowest BCUT2D eigenvalue weighted by atomic mass is 10.1. The Hall–Kier alpha value is -2.60. The largest absolute Gasteiger partial charge is 0.497 e. The molecule has 2 aromatic carbocycles. The maximum atomic E-state index is 12.6. The van der Waals surface area contributed by atoms with E-state index in [1.807, 2.05) is 60.4 Å². The van der Waals surface area contributed by atoms with Gasteiger partial charge in [0.15, 0.2) is 0 Å². The van der Waals surface area contributed by atoms with Crippen molar-refractivity contribution in [2.24, 2.45) is 5.92 Å². The van der Waals surface area contributed by atoms with E-state index in [-0.39, 0.29) is 29.2 Å². The van der Waals surface area contributed by atoms with Crippen molar-refractivity contribution in [2.75, 3.05) is 7.11 Å². The first-order valence-electron chi connectivity index (χ1n) is 9.42. The minimum Gasteiger partial charge on any atom is -0.497 e. The minimum absolute atomic E-state index is 0.00965. The lowest BCUT2D eigenvalue weighted by Crippen LogP contribution is -2.46. The number of methoxy groups -OCH3 is 1. The molecule has 2 aliphatic rings. The Kier molecular flexibility index (Phi) is 5.22. The van der Waals surface area contributed by atoms with E-state index in [0.29, 0.717) is 18.7 Å². The number of ether oxygens (including phenoxy) is 3. The van der Waals surface area contributed by atoms with E-state index in [9.17, 15) is 4.79 Å². The van der Waals surface area contributed by atoms with Gasteiger partial charge in [-0.3, -0.25) is 4.79 Å². The second-order valence-corrected chi connectivity index (χ2v) is 7.70. The highest BCUT2D eigenvalue weighted by molar-refractivity contribution is 7.79. The highest BCUT2D eigenvalue weighted by Crippen LogP contribution is 2.41. The fourth-order valence-corrected chi connectivity index (χ4v) is 4.22. The number of hydrogen-bond acceptors (Lipinski definition) is 5. The molecule has 0 spiro atoms. The number of benzene rings is 2. The number of amides is 1. The van der Waals surface area contributed by atoms with Crippen LogP contribution in [0.5, 0.6) is 11.5 Å². The molecule has 146 valence electrons. The zero-order chi connectivity index (χ0) is 19.7. The Morgan fingerprint density at radius 1 is 1.07 bits per heavy atom. The molecule has 0 N–H and O–H groups in total. The number of likely N-dealkylation sites (tertiary alicyclic amines) is 1. The molecule has 0 unspecified atom stereocenters. The molecule has 1 saturated carbocycles. The topological polar surface area (TPSA) is 48.0 Å². The van der Waals surface area contributed by atoms with Crippen LogP contribution in [0.2, 0.25) is 0 Å². The van der Waals surface area contributed by atoms with Gasteiger partial charge in [-0.15, -0.1) is 0 Å². The van der Waals surface area contributed by atoms with Crippen molar-refractivity contribution in [1.82, 2.24) is 4.90 Å². The van der Waals surface area contributed by atoms with Gasteiger partial charge in [0.05, 0.1) is 13.2 Å². The van der Waals surface area contributed by atoms with E-state index in [0.717, 1.165) is 23.3 Å². The number of aryl methyl sites for hydroxylation is 1. The molecule has 2 aromatic rings. The average molecular weight is 397 g/mol. The second-order valence-electron chi connectivity index (χ2n) is 7.37. The van der Waals surface area contributed by atoms with Gasteiger partial charge >= 0.3 is 5.24 Å². The Morgan fingerprint density at radius 3 is 2.39 bits per heavy atom. The third-order valence-electron chi connectivity index (χ3n) is 5.49. The second kappa shape index (κ2) is 7.80. The molecular formula is C22H23NO4S. The number of thiocarbonyl (C=S) groups is 1. The number of fused-ring (bicyclic) bond motifs is 2. The highest BCUT2D eigenvalue weighted by Gasteiger charge is 2.52. The molecule has 6 heteroatoms. The molecule has 1 heterocycles. The summed E-state index contributed by atoms with van der Waals surface area (Å²) in [6.45, 7) is 2.58. The highest BCUT2D eigenvalue weighted by atomic mass is 32.1. The molecule has 4 rings (SSSR count). The first-order chi connectivity index (χ1) is 13.5. The van der Waals surface area contributed by atoms with Crippen LogP contribution in [0.3, 0.4) is 0 Å². The van der Waals surface area contributed by atoms with Crippen LogP contribution in [0, 0.1) is 12.8 Å². The van der Waals surface area contributed by atoms with Crippen molar-refractivity contribution in [1.29, 1.82) is 0 Å². The summed E-state index contributed by atoms with van der Waals surface area (Å²) in [6, 6.07) is 15.5. The smallest absolute Gasteiger partial charge is 0.358 e. The van der Waals surface area contributed by atoms with Crippen LogP contribution < -0.4 is 9.47 Å². The first-order valence-corrected chi connectivity index (χ1v) is 9.83. The molecule has 1 aliphatic heterocycles. The van der Waals surface area contributed by atoms with Crippen LogP contribution in [0.1, 0.15) is 24.0 Å². The van der Waals surface area contributed by atoms with Gasteiger partial charge in [0.2, 0.25) is 5.91 Å². The van der Waals surface area contributed by atoms with Crippen LogP contribution in [0.15, 0.2) is 48.5 Å². The predicted octanol–water partition coefficient (Wildman–Crippen LogP) is 3.87. The molecule has 0 aromatic heterocycles. The van der Waals surface area contributed by atoms with Crippen molar-refractivity contribution >= 4 is 23.4 Å². The Balaban J connectivity index is 1.39. The summed E-state index contributed by atoms with van der Waals surface area (Å²) >= 11 is 5.28. The number of piperidine rings is 1. The SMILES string of the molecule is COc1ccc(CN2C(=O)[C@@H]3C[C@H](OC(=S)Oc4ccc(C)cc4)[C@H]2C3)cc1. The van der Waals surface area contributed by atoms with Crippen LogP contribution in [0.25, 0.3) is 0 Å². The summed E-state index contributed by atoms with van der Waals surface area (Å²) in [6.07, 6.45) is 1.38. The zero-order valence-corrected chi connectivity index (χ0v) is 16.8. The normalized spacial score (nSPS) is 23.0. The van der Waals surface area contributed by atoms with Gasteiger partial charge in [0.1, 0.15) is 17.6 Å². The maximum Gasteiger partial charge on any atom is 0.358 e.